The van der Waals surface area contributed by atoms with E-state index in [9.17, 15) is 13.2 Å². The molecular weight excluding hydrogens is 232 g/mol. The minimum Gasteiger partial charge on any atom is -0.423 e. The maximum absolute atomic E-state index is 10.9. The molecule has 5 nitrogen and oxygen atoms in total. The number of ether oxygens (including phenoxy) is 1. The summed E-state index contributed by atoms with van der Waals surface area (Å²) in [6.07, 6.45) is 0.996. The largest absolute Gasteiger partial charge is 0.423 e. The molecule has 0 aliphatic rings. The van der Waals surface area contributed by atoms with Gasteiger partial charge in [0, 0.05) is 6.08 Å². The smallest absolute Gasteiger partial charge is 0.335 e. The van der Waals surface area contributed by atoms with Crippen molar-refractivity contribution in [2.75, 3.05) is 0 Å². The van der Waals surface area contributed by atoms with E-state index in [0.717, 1.165) is 12.1 Å². The van der Waals surface area contributed by atoms with Crippen molar-refractivity contribution in [2.24, 2.45) is 0 Å². The van der Waals surface area contributed by atoms with Gasteiger partial charge in [0.05, 0.1) is 4.90 Å². The van der Waals surface area contributed by atoms with Crippen molar-refractivity contribution < 1.29 is 22.5 Å². The molecule has 1 aromatic rings. The monoisotopic (exact) mass is 242 g/mol. The minimum atomic E-state index is -4.24. The number of carbonyl (C=O) groups is 1. The molecule has 0 atom stereocenters. The summed E-state index contributed by atoms with van der Waals surface area (Å²) in [7, 11) is -4.24. The van der Waals surface area contributed by atoms with Crippen LogP contribution in [-0.2, 0) is 14.9 Å². The Morgan fingerprint density at radius 1 is 1.50 bits per heavy atom. The second kappa shape index (κ2) is 4.46. The van der Waals surface area contributed by atoms with Crippen LogP contribution in [-0.4, -0.2) is 18.9 Å². The van der Waals surface area contributed by atoms with Crippen LogP contribution in [0.5, 0.6) is 5.75 Å². The van der Waals surface area contributed by atoms with Crippen LogP contribution >= 0.6 is 0 Å². The van der Waals surface area contributed by atoms with Gasteiger partial charge in [0.1, 0.15) is 5.75 Å². The maximum Gasteiger partial charge on any atom is 0.335 e. The van der Waals surface area contributed by atoms with Crippen LogP contribution in [0.15, 0.2) is 35.7 Å². The van der Waals surface area contributed by atoms with E-state index in [0.29, 0.717) is 5.56 Å². The first kappa shape index (κ1) is 12.4. The van der Waals surface area contributed by atoms with Gasteiger partial charge in [-0.25, -0.2) is 4.79 Å². The van der Waals surface area contributed by atoms with Gasteiger partial charge in [0.2, 0.25) is 0 Å². The molecule has 0 saturated heterocycles. The predicted molar refractivity (Wildman–Crippen MR) is 56.8 cm³/mol. The Bertz CT molecular complexity index is 530. The van der Waals surface area contributed by atoms with Gasteiger partial charge >= 0.3 is 5.97 Å². The molecule has 1 N–H and O–H groups in total. The zero-order valence-electron chi connectivity index (χ0n) is 8.50. The topological polar surface area (TPSA) is 80.7 Å². The number of hydrogen-bond donors (Lipinski definition) is 1. The van der Waals surface area contributed by atoms with Gasteiger partial charge < -0.3 is 4.74 Å². The van der Waals surface area contributed by atoms with E-state index in [1.165, 1.54) is 12.1 Å². The van der Waals surface area contributed by atoms with Gasteiger partial charge in [-0.05, 0) is 30.7 Å². The molecule has 0 radical (unpaired) electrons. The highest BCUT2D eigenvalue weighted by molar-refractivity contribution is 7.85. The molecular formula is C10H10O5S. The van der Waals surface area contributed by atoms with Gasteiger partial charge in [-0.2, -0.15) is 8.42 Å². The molecule has 0 unspecified atom stereocenters. The number of esters is 1. The Labute approximate surface area is 93.1 Å². The average Bonchev–Trinajstić information content (AvgIpc) is 2.19. The number of benzene rings is 1. The lowest BCUT2D eigenvalue weighted by Crippen LogP contribution is -2.05. The van der Waals surface area contributed by atoms with Crippen molar-refractivity contribution in [3.05, 3.63) is 36.4 Å². The fourth-order valence-electron chi connectivity index (χ4n) is 1.05. The van der Waals surface area contributed by atoms with E-state index < -0.39 is 16.1 Å². The first-order valence-corrected chi connectivity index (χ1v) is 5.71. The quantitative estimate of drug-likeness (QED) is 0.374. The lowest BCUT2D eigenvalue weighted by molar-refractivity contribution is -0.129. The maximum atomic E-state index is 10.9. The van der Waals surface area contributed by atoms with Crippen molar-refractivity contribution in [1.29, 1.82) is 0 Å². The molecule has 0 saturated carbocycles. The van der Waals surface area contributed by atoms with Crippen molar-refractivity contribution in [2.45, 2.75) is 11.8 Å². The molecule has 0 aromatic heterocycles. The van der Waals surface area contributed by atoms with Crippen LogP contribution in [0.1, 0.15) is 5.56 Å². The number of rotatable bonds is 3. The summed E-state index contributed by atoms with van der Waals surface area (Å²) in [4.78, 5) is 10.7. The highest BCUT2D eigenvalue weighted by Crippen LogP contribution is 2.21. The van der Waals surface area contributed by atoms with E-state index in [1.54, 1.807) is 6.92 Å². The summed E-state index contributed by atoms with van der Waals surface area (Å²) in [5, 5.41) is 0. The van der Waals surface area contributed by atoms with Gasteiger partial charge in [0.15, 0.2) is 0 Å². The van der Waals surface area contributed by atoms with E-state index in [2.05, 4.69) is 6.58 Å². The lowest BCUT2D eigenvalue weighted by atomic mass is 10.2. The summed E-state index contributed by atoms with van der Waals surface area (Å²) in [6.45, 7) is 4.79. The number of aryl methyl sites for hydroxylation is 1. The molecule has 1 aromatic carbocycles. The SMILES string of the molecule is C=CC(=O)Oc1ccc(S(=O)(=O)O)cc1C. The molecule has 16 heavy (non-hydrogen) atoms. The highest BCUT2D eigenvalue weighted by Gasteiger charge is 2.12. The molecule has 6 heteroatoms. The zero-order valence-corrected chi connectivity index (χ0v) is 9.32. The molecule has 0 bridgehead atoms. The van der Waals surface area contributed by atoms with E-state index >= 15 is 0 Å². The van der Waals surface area contributed by atoms with Crippen LogP contribution in [0.4, 0.5) is 0 Å². The molecule has 1 rings (SSSR count). The van der Waals surface area contributed by atoms with E-state index in [4.69, 9.17) is 9.29 Å². The van der Waals surface area contributed by atoms with E-state index in [1.807, 2.05) is 0 Å². The van der Waals surface area contributed by atoms with E-state index in [-0.39, 0.29) is 10.6 Å². The summed E-state index contributed by atoms with van der Waals surface area (Å²) >= 11 is 0. The van der Waals surface area contributed by atoms with Crippen LogP contribution in [0, 0.1) is 6.92 Å². The van der Waals surface area contributed by atoms with Gasteiger partial charge in [-0.15, -0.1) is 0 Å². The van der Waals surface area contributed by atoms with Crippen molar-refractivity contribution in [3.63, 3.8) is 0 Å². The Balaban J connectivity index is 3.10. The van der Waals surface area contributed by atoms with Crippen LogP contribution < -0.4 is 4.74 Å². The fraction of sp³-hybridized carbons (Fsp3) is 0.100. The molecule has 0 amide bonds. The first-order valence-electron chi connectivity index (χ1n) is 4.27. The predicted octanol–water partition coefficient (Wildman–Crippen LogP) is 1.33. The van der Waals surface area contributed by atoms with Gasteiger partial charge in [-0.3, -0.25) is 4.55 Å². The zero-order chi connectivity index (χ0) is 12.3. The van der Waals surface area contributed by atoms with Crippen LogP contribution in [0.3, 0.4) is 0 Å². The lowest BCUT2D eigenvalue weighted by Gasteiger charge is -2.06. The molecule has 86 valence electrons. The second-order valence-electron chi connectivity index (χ2n) is 3.03. The van der Waals surface area contributed by atoms with Crippen molar-refractivity contribution in [1.82, 2.24) is 0 Å². The molecule has 0 aliphatic heterocycles. The Morgan fingerprint density at radius 3 is 2.56 bits per heavy atom. The number of hydrogen-bond acceptors (Lipinski definition) is 4. The minimum absolute atomic E-state index is 0.220. The third-order valence-electron chi connectivity index (χ3n) is 1.82. The second-order valence-corrected chi connectivity index (χ2v) is 4.45. The third kappa shape index (κ3) is 2.91. The number of carbonyl (C=O) groups excluding carboxylic acids is 1. The standard InChI is InChI=1S/C10H10O5S/c1-3-10(11)15-9-5-4-8(6-7(9)2)16(12,13)14/h3-6H,1H2,2H3,(H,12,13,14). The normalized spacial score (nSPS) is 10.9. The van der Waals surface area contributed by atoms with Gasteiger partial charge in [0.25, 0.3) is 10.1 Å². The summed E-state index contributed by atoms with van der Waals surface area (Å²) < 4.78 is 35.2. The molecule has 0 heterocycles. The van der Waals surface area contributed by atoms with Gasteiger partial charge in [-0.1, -0.05) is 6.58 Å². The summed E-state index contributed by atoms with van der Waals surface area (Å²) in [6, 6.07) is 3.65. The Morgan fingerprint density at radius 2 is 2.12 bits per heavy atom. The Kier molecular flexibility index (Phi) is 3.46. The fourth-order valence-corrected chi connectivity index (χ4v) is 1.61. The molecule has 0 aliphatic carbocycles. The molecule has 0 spiro atoms. The molecule has 0 fully saturated rings. The van der Waals surface area contributed by atoms with Crippen molar-refractivity contribution in [3.8, 4) is 5.75 Å². The van der Waals surface area contributed by atoms with Crippen LogP contribution in [0.2, 0.25) is 0 Å². The van der Waals surface area contributed by atoms with Crippen LogP contribution in [0.25, 0.3) is 0 Å². The van der Waals surface area contributed by atoms with Crippen molar-refractivity contribution >= 4 is 16.1 Å². The third-order valence-corrected chi connectivity index (χ3v) is 2.67. The highest BCUT2D eigenvalue weighted by atomic mass is 32.2. The Hall–Kier alpha value is -1.66. The summed E-state index contributed by atoms with van der Waals surface area (Å²) in [5.41, 5.74) is 0.422. The average molecular weight is 242 g/mol. The summed E-state index contributed by atoms with van der Waals surface area (Å²) in [5.74, 6) is -0.417. The first-order chi connectivity index (χ1) is 7.34.